The molecule has 1 aromatic carbocycles. The summed E-state index contributed by atoms with van der Waals surface area (Å²) < 4.78 is 2.24. The number of nitrogens with one attached hydrogen (secondary N) is 1. The predicted octanol–water partition coefficient (Wildman–Crippen LogP) is 1.52. The molecule has 0 saturated carbocycles. The monoisotopic (exact) mass is 373 g/mol. The van der Waals surface area contributed by atoms with Gasteiger partial charge in [0.25, 0.3) is 11.8 Å². The molecule has 0 spiro atoms. The summed E-state index contributed by atoms with van der Waals surface area (Å²) in [6.07, 6.45) is 2.74. The number of rotatable bonds is 4. The van der Waals surface area contributed by atoms with Crippen molar-refractivity contribution in [3.63, 3.8) is 0 Å². The Kier molecular flexibility index (Phi) is 4.07. The molecule has 2 amide bonds. The van der Waals surface area contributed by atoms with Crippen LogP contribution in [0.1, 0.15) is 26.4 Å². The van der Waals surface area contributed by atoms with E-state index in [1.165, 1.54) is 23.0 Å². The van der Waals surface area contributed by atoms with E-state index in [0.717, 1.165) is 10.0 Å². The van der Waals surface area contributed by atoms with E-state index in [0.29, 0.717) is 6.54 Å². The summed E-state index contributed by atoms with van der Waals surface area (Å²) in [6.45, 7) is 0.367. The molecule has 7 nitrogen and oxygen atoms in total. The van der Waals surface area contributed by atoms with Gasteiger partial charge in [-0.15, -0.1) is 0 Å². The first kappa shape index (κ1) is 15.2. The fourth-order valence-corrected chi connectivity index (χ4v) is 2.60. The lowest BCUT2D eigenvalue weighted by atomic mass is 10.2. The highest BCUT2D eigenvalue weighted by Gasteiger charge is 2.16. The van der Waals surface area contributed by atoms with E-state index in [-0.39, 0.29) is 22.8 Å². The van der Waals surface area contributed by atoms with Gasteiger partial charge in [0.2, 0.25) is 0 Å². The second-order valence-electron chi connectivity index (χ2n) is 4.80. The molecule has 0 bridgehead atoms. The number of nitrogens with zero attached hydrogens (tertiary/aromatic N) is 3. The van der Waals surface area contributed by atoms with Crippen molar-refractivity contribution in [2.24, 2.45) is 5.73 Å². The maximum absolute atomic E-state index is 12.4. The second kappa shape index (κ2) is 6.17. The van der Waals surface area contributed by atoms with Crippen LogP contribution in [0, 0.1) is 0 Å². The number of primary amides is 1. The van der Waals surface area contributed by atoms with Crippen LogP contribution in [-0.4, -0.2) is 26.4 Å². The zero-order chi connectivity index (χ0) is 16.4. The van der Waals surface area contributed by atoms with E-state index >= 15 is 0 Å². The van der Waals surface area contributed by atoms with Gasteiger partial charge in [0.05, 0.1) is 6.20 Å². The zero-order valence-corrected chi connectivity index (χ0v) is 13.4. The van der Waals surface area contributed by atoms with Gasteiger partial charge < -0.3 is 11.1 Å². The van der Waals surface area contributed by atoms with E-state index < -0.39 is 5.91 Å². The fraction of sp³-hybridized carbons (Fsp3) is 0.0667. The number of hydrogen-bond donors (Lipinski definition) is 2. The Labute approximate surface area is 139 Å². The zero-order valence-electron chi connectivity index (χ0n) is 11.9. The standard InChI is InChI=1S/C15H12BrN5O2/c16-10-3-1-2-9(6-10)7-19-15(23)12-4-5-18-14-11(13(17)22)8-20-21(12)14/h1-6,8H,7H2,(H2,17,22)(H,19,23). The Hall–Kier alpha value is -2.74. The Morgan fingerprint density at radius 2 is 2.13 bits per heavy atom. The van der Waals surface area contributed by atoms with Gasteiger partial charge in [0.1, 0.15) is 11.3 Å². The Morgan fingerprint density at radius 3 is 2.87 bits per heavy atom. The fourth-order valence-electron chi connectivity index (χ4n) is 2.16. The van der Waals surface area contributed by atoms with Gasteiger partial charge in [-0.25, -0.2) is 9.50 Å². The normalized spacial score (nSPS) is 10.7. The SMILES string of the molecule is NC(=O)c1cnn2c(C(=O)NCc3cccc(Br)c3)ccnc12. The molecule has 0 fully saturated rings. The number of carbonyl (C=O) groups excluding carboxylic acids is 2. The lowest BCUT2D eigenvalue weighted by molar-refractivity contribution is 0.0941. The number of amides is 2. The van der Waals surface area contributed by atoms with Crippen molar-refractivity contribution in [3.05, 3.63) is 64.0 Å². The highest BCUT2D eigenvalue weighted by atomic mass is 79.9. The molecule has 0 aliphatic rings. The third kappa shape index (κ3) is 3.07. The van der Waals surface area contributed by atoms with Crippen molar-refractivity contribution in [2.45, 2.75) is 6.54 Å². The molecular formula is C15H12BrN5O2. The van der Waals surface area contributed by atoms with Crippen LogP contribution in [0.15, 0.2) is 47.2 Å². The molecule has 0 radical (unpaired) electrons. The van der Waals surface area contributed by atoms with Gasteiger partial charge in [-0.1, -0.05) is 28.1 Å². The van der Waals surface area contributed by atoms with Gasteiger partial charge in [-0.2, -0.15) is 5.10 Å². The first-order chi connectivity index (χ1) is 11.1. The van der Waals surface area contributed by atoms with Crippen molar-refractivity contribution >= 4 is 33.4 Å². The Morgan fingerprint density at radius 1 is 1.30 bits per heavy atom. The number of aromatic nitrogens is 3. The second-order valence-corrected chi connectivity index (χ2v) is 5.72. The van der Waals surface area contributed by atoms with Gasteiger partial charge in [0.15, 0.2) is 5.65 Å². The van der Waals surface area contributed by atoms with Crippen molar-refractivity contribution in [3.8, 4) is 0 Å². The van der Waals surface area contributed by atoms with E-state index in [2.05, 4.69) is 31.3 Å². The molecule has 3 N–H and O–H groups in total. The van der Waals surface area contributed by atoms with Crippen LogP contribution in [-0.2, 0) is 6.54 Å². The van der Waals surface area contributed by atoms with Crippen LogP contribution in [0.3, 0.4) is 0 Å². The van der Waals surface area contributed by atoms with Crippen molar-refractivity contribution in [1.82, 2.24) is 19.9 Å². The average molecular weight is 374 g/mol. The molecule has 116 valence electrons. The highest BCUT2D eigenvalue weighted by Crippen LogP contribution is 2.12. The van der Waals surface area contributed by atoms with Crippen LogP contribution in [0.25, 0.3) is 5.65 Å². The minimum absolute atomic E-state index is 0.173. The van der Waals surface area contributed by atoms with Gasteiger partial charge in [-0.3, -0.25) is 9.59 Å². The van der Waals surface area contributed by atoms with Crippen LogP contribution in [0.2, 0.25) is 0 Å². The van der Waals surface area contributed by atoms with E-state index in [4.69, 9.17) is 5.73 Å². The number of halogens is 1. The van der Waals surface area contributed by atoms with Crippen LogP contribution < -0.4 is 11.1 Å². The molecule has 0 atom stereocenters. The quantitative estimate of drug-likeness (QED) is 0.723. The molecule has 8 heteroatoms. The summed E-state index contributed by atoms with van der Waals surface area (Å²) in [6, 6.07) is 9.16. The largest absolute Gasteiger partial charge is 0.365 e. The van der Waals surface area contributed by atoms with E-state index in [9.17, 15) is 9.59 Å². The van der Waals surface area contributed by atoms with Crippen molar-refractivity contribution in [2.75, 3.05) is 0 Å². The summed E-state index contributed by atoms with van der Waals surface area (Å²) in [5.74, 6) is -0.962. The molecular weight excluding hydrogens is 362 g/mol. The maximum Gasteiger partial charge on any atom is 0.270 e. The number of carbonyl (C=O) groups is 2. The molecule has 2 heterocycles. The lowest BCUT2D eigenvalue weighted by Gasteiger charge is -2.07. The summed E-state index contributed by atoms with van der Waals surface area (Å²) in [7, 11) is 0. The van der Waals surface area contributed by atoms with E-state index in [1.54, 1.807) is 0 Å². The third-order valence-corrected chi connectivity index (χ3v) is 3.73. The number of nitrogens with two attached hydrogens (primary N) is 1. The smallest absolute Gasteiger partial charge is 0.270 e. The van der Waals surface area contributed by atoms with Crippen molar-refractivity contribution in [1.29, 1.82) is 0 Å². The van der Waals surface area contributed by atoms with Crippen LogP contribution >= 0.6 is 15.9 Å². The molecule has 0 aliphatic carbocycles. The maximum atomic E-state index is 12.4. The number of fused-ring (bicyclic) bond motifs is 1. The molecule has 0 aliphatic heterocycles. The summed E-state index contributed by atoms with van der Waals surface area (Å²) >= 11 is 3.38. The lowest BCUT2D eigenvalue weighted by Crippen LogP contribution is -2.25. The minimum Gasteiger partial charge on any atom is -0.365 e. The number of benzene rings is 1. The third-order valence-electron chi connectivity index (χ3n) is 3.24. The summed E-state index contributed by atoms with van der Waals surface area (Å²) in [5.41, 5.74) is 6.92. The highest BCUT2D eigenvalue weighted by molar-refractivity contribution is 9.10. The van der Waals surface area contributed by atoms with E-state index in [1.807, 2.05) is 24.3 Å². The molecule has 2 aromatic heterocycles. The first-order valence-corrected chi connectivity index (χ1v) is 7.51. The van der Waals surface area contributed by atoms with Gasteiger partial charge in [0, 0.05) is 17.2 Å². The van der Waals surface area contributed by atoms with Crippen LogP contribution in [0.5, 0.6) is 0 Å². The molecule has 3 aromatic rings. The predicted molar refractivity (Wildman–Crippen MR) is 86.8 cm³/mol. The average Bonchev–Trinajstić information content (AvgIpc) is 2.97. The minimum atomic E-state index is -0.640. The molecule has 3 rings (SSSR count). The number of hydrogen-bond acceptors (Lipinski definition) is 4. The Bertz CT molecular complexity index is 906. The van der Waals surface area contributed by atoms with Gasteiger partial charge in [-0.05, 0) is 23.8 Å². The summed E-state index contributed by atoms with van der Waals surface area (Å²) in [4.78, 5) is 27.7. The van der Waals surface area contributed by atoms with Crippen LogP contribution in [0.4, 0.5) is 0 Å². The molecule has 23 heavy (non-hydrogen) atoms. The Balaban J connectivity index is 1.85. The topological polar surface area (TPSA) is 102 Å². The molecule has 0 saturated heterocycles. The van der Waals surface area contributed by atoms with Gasteiger partial charge >= 0.3 is 0 Å². The first-order valence-electron chi connectivity index (χ1n) is 6.71. The summed E-state index contributed by atoms with van der Waals surface area (Å²) in [5, 5.41) is 6.82. The molecule has 0 unspecified atom stereocenters. The van der Waals surface area contributed by atoms with Crippen molar-refractivity contribution < 1.29 is 9.59 Å².